The van der Waals surface area contributed by atoms with Crippen LogP contribution in [-0.4, -0.2) is 68.6 Å². The molecule has 5 aromatic rings. The molecule has 2 saturated heterocycles. The molecular formula is C71H87N3O5. The van der Waals surface area contributed by atoms with Crippen LogP contribution in [0, 0.1) is 46.3 Å². The maximum atomic E-state index is 14.2. The maximum Gasteiger partial charge on any atom is 0.410 e. The quantitative estimate of drug-likeness (QED) is 0.125. The lowest BCUT2D eigenvalue weighted by Crippen LogP contribution is -2.52. The highest BCUT2D eigenvalue weighted by atomic mass is 16.6. The van der Waals surface area contributed by atoms with Gasteiger partial charge in [-0.15, -0.1) is 0 Å². The first-order valence-corrected chi connectivity index (χ1v) is 31.0. The fourth-order valence-corrected chi connectivity index (χ4v) is 18.0. The van der Waals surface area contributed by atoms with Crippen molar-refractivity contribution < 1.29 is 24.1 Å². The number of allylic oxidation sites excluding steroid dienone is 1. The lowest BCUT2D eigenvalue weighted by molar-refractivity contribution is -0.0593. The summed E-state index contributed by atoms with van der Waals surface area (Å²) in [6.07, 6.45) is 23.5. The number of anilines is 2. The molecule has 416 valence electrons. The number of amides is 1. The van der Waals surface area contributed by atoms with E-state index in [4.69, 9.17) is 14.2 Å². The first kappa shape index (κ1) is 52.6. The topological polar surface area (TPSA) is 74.7 Å². The Bertz CT molecular complexity index is 3170. The fourth-order valence-electron chi connectivity index (χ4n) is 18.0. The number of nitrogens with zero attached hydrogens (tertiary/aromatic N) is 3. The normalized spacial score (nSPS) is 30.9. The number of methoxy groups -OCH3 is 1. The van der Waals surface area contributed by atoms with E-state index < -0.39 is 11.2 Å². The van der Waals surface area contributed by atoms with Crippen LogP contribution in [0.25, 0.3) is 28.0 Å². The van der Waals surface area contributed by atoms with Gasteiger partial charge in [0.25, 0.3) is 0 Å². The van der Waals surface area contributed by atoms with Crippen LogP contribution in [0.2, 0.25) is 0 Å². The van der Waals surface area contributed by atoms with Crippen LogP contribution in [0.4, 0.5) is 16.2 Å². The number of fused-ring (bicyclic) bond motifs is 13. The van der Waals surface area contributed by atoms with Crippen molar-refractivity contribution in [2.45, 2.75) is 149 Å². The van der Waals surface area contributed by atoms with E-state index in [1.165, 1.54) is 69.9 Å². The van der Waals surface area contributed by atoms with Crippen molar-refractivity contribution in [3.05, 3.63) is 137 Å². The van der Waals surface area contributed by atoms with Crippen LogP contribution in [0.3, 0.4) is 0 Å². The zero-order valence-electron chi connectivity index (χ0n) is 48.5. The number of carbonyl (C=O) groups excluding carboxylic acids is 1. The zero-order chi connectivity index (χ0) is 54.4. The van der Waals surface area contributed by atoms with E-state index >= 15 is 0 Å². The minimum atomic E-state index is -1.23. The molecule has 0 aromatic heterocycles. The molecule has 8 nitrogen and oxygen atoms in total. The monoisotopic (exact) mass is 1060 g/mol. The zero-order valence-corrected chi connectivity index (χ0v) is 48.5. The predicted molar refractivity (Wildman–Crippen MR) is 321 cm³/mol. The van der Waals surface area contributed by atoms with Gasteiger partial charge in [-0.05, 0) is 163 Å². The van der Waals surface area contributed by atoms with Crippen molar-refractivity contribution in [1.82, 2.24) is 4.90 Å². The lowest BCUT2D eigenvalue weighted by Gasteiger charge is -2.58. The molecule has 5 aromatic carbocycles. The van der Waals surface area contributed by atoms with Crippen molar-refractivity contribution in [1.29, 1.82) is 0 Å². The van der Waals surface area contributed by atoms with Gasteiger partial charge in [-0.1, -0.05) is 145 Å². The Hall–Kier alpha value is -5.73. The van der Waals surface area contributed by atoms with Crippen LogP contribution < -0.4 is 19.3 Å². The average molecular weight is 1060 g/mol. The molecule has 79 heavy (non-hydrogen) atoms. The van der Waals surface area contributed by atoms with Gasteiger partial charge in [0.2, 0.25) is 0 Å². The summed E-state index contributed by atoms with van der Waals surface area (Å²) in [5, 5.41) is 15.0. The molecule has 0 bridgehead atoms. The van der Waals surface area contributed by atoms with Crippen LogP contribution in [0.5, 0.6) is 11.5 Å². The summed E-state index contributed by atoms with van der Waals surface area (Å²) < 4.78 is 20.6. The van der Waals surface area contributed by atoms with E-state index in [0.717, 1.165) is 135 Å². The highest BCUT2D eigenvalue weighted by Gasteiger charge is 2.59. The van der Waals surface area contributed by atoms with Crippen LogP contribution in [0.1, 0.15) is 159 Å². The standard InChI is InChI=1S/C71H87N3O5/c1-8-70(76)61-22-13-12-21-54(61)64-56-44-62(63(77-7)45-57(56)66-55(65(64)70)32-36-71(79-66,48-19-10-9-11-20-48)49-23-26-51(27-24-49)72-37-14-15-38-72)73-39-41-74(42-40-73)67(75)78-52-31-34-68(5)50(43-52)25-28-53-59-30-29-58(47(4)18-16-17-46(2)3)69(59,6)35-33-60(53)68/h9-13,19-27,32,36,44-47,52-53,58-60,76H,8,14-18,28-31,33-35,37-43H2,1-7H3. The number of ether oxygens (including phenoxy) is 3. The first-order chi connectivity index (χ1) is 38.3. The van der Waals surface area contributed by atoms with Crippen molar-refractivity contribution in [2.75, 3.05) is 56.2 Å². The van der Waals surface area contributed by atoms with Crippen molar-refractivity contribution >= 4 is 34.3 Å². The van der Waals surface area contributed by atoms with Gasteiger partial charge in [-0.25, -0.2) is 4.79 Å². The molecular weight excluding hydrogens is 975 g/mol. The molecule has 3 aliphatic heterocycles. The van der Waals surface area contributed by atoms with E-state index in [1.54, 1.807) is 12.7 Å². The Morgan fingerprint density at radius 2 is 1.54 bits per heavy atom. The third-order valence-electron chi connectivity index (χ3n) is 22.3. The van der Waals surface area contributed by atoms with Gasteiger partial charge in [0, 0.05) is 79.0 Å². The Morgan fingerprint density at radius 3 is 2.29 bits per heavy atom. The molecule has 8 aliphatic rings. The molecule has 5 fully saturated rings. The molecule has 10 unspecified atom stereocenters. The van der Waals surface area contributed by atoms with Crippen LogP contribution in [-0.2, 0) is 15.9 Å². The number of hydrogen-bond acceptors (Lipinski definition) is 7. The van der Waals surface area contributed by atoms with Crippen LogP contribution in [0.15, 0.2) is 109 Å². The molecule has 0 spiro atoms. The summed E-state index contributed by atoms with van der Waals surface area (Å²) in [5.74, 6) is 6.34. The van der Waals surface area contributed by atoms with Gasteiger partial charge in [0.05, 0.1) is 12.8 Å². The molecule has 1 amide bonds. The summed E-state index contributed by atoms with van der Waals surface area (Å²) in [4.78, 5) is 21.0. The van der Waals surface area contributed by atoms with E-state index in [9.17, 15) is 9.90 Å². The van der Waals surface area contributed by atoms with Gasteiger partial charge >= 0.3 is 6.09 Å². The van der Waals surface area contributed by atoms with Crippen molar-refractivity contribution in [2.24, 2.45) is 46.3 Å². The third-order valence-corrected chi connectivity index (χ3v) is 22.3. The SMILES string of the molecule is CCC1(O)c2ccccc2-c2c1c1c(c3cc(OC)c(N4CCN(C(=O)OC5CCC6(C)C(=CCC7C6CCC6(C)C(C(C)CCCC(C)C)CCC76)C5)CC4)cc23)OC(c2ccccc2)(c2ccc(N3CCCC3)cc2)C=C1. The average Bonchev–Trinajstić information content (AvgIpc) is 3.09. The van der Waals surface area contributed by atoms with Crippen molar-refractivity contribution in [3.63, 3.8) is 0 Å². The predicted octanol–water partition coefficient (Wildman–Crippen LogP) is 16.1. The molecule has 10 atom stereocenters. The van der Waals surface area contributed by atoms with Gasteiger partial charge in [0.1, 0.15) is 23.2 Å². The number of aliphatic hydroxyl groups is 1. The summed E-state index contributed by atoms with van der Waals surface area (Å²) in [6.45, 7) is 19.2. The number of hydrogen-bond donors (Lipinski definition) is 1. The van der Waals surface area contributed by atoms with Gasteiger partial charge in [-0.3, -0.25) is 0 Å². The van der Waals surface area contributed by atoms with E-state index in [2.05, 4.69) is 154 Å². The van der Waals surface area contributed by atoms with E-state index in [-0.39, 0.29) is 17.6 Å². The number of carbonyl (C=O) groups is 1. The molecule has 1 N–H and O–H groups in total. The summed E-state index contributed by atoms with van der Waals surface area (Å²) in [7, 11) is 1.75. The summed E-state index contributed by atoms with van der Waals surface area (Å²) >= 11 is 0. The maximum absolute atomic E-state index is 14.2. The molecule has 13 rings (SSSR count). The first-order valence-electron chi connectivity index (χ1n) is 31.0. The summed E-state index contributed by atoms with van der Waals surface area (Å²) in [6, 6.07) is 32.3. The number of rotatable bonds is 12. The fraction of sp³-hybridized carbons (Fsp3) is 0.535. The molecule has 0 radical (unpaired) electrons. The van der Waals surface area contributed by atoms with Gasteiger partial charge in [0.15, 0.2) is 5.60 Å². The Morgan fingerprint density at radius 1 is 0.797 bits per heavy atom. The minimum absolute atomic E-state index is 0.0805. The third kappa shape index (κ3) is 8.55. The molecule has 3 saturated carbocycles. The van der Waals surface area contributed by atoms with Gasteiger partial charge < -0.3 is 34.0 Å². The van der Waals surface area contributed by atoms with E-state index in [0.29, 0.717) is 38.0 Å². The minimum Gasteiger partial charge on any atom is -0.495 e. The second-order valence-corrected chi connectivity index (χ2v) is 26.6. The largest absolute Gasteiger partial charge is 0.495 e. The highest BCUT2D eigenvalue weighted by Crippen LogP contribution is 2.68. The molecule has 5 aliphatic carbocycles. The Kier molecular flexibility index (Phi) is 13.6. The second-order valence-electron chi connectivity index (χ2n) is 26.6. The van der Waals surface area contributed by atoms with E-state index in [1.807, 2.05) is 11.0 Å². The lowest BCUT2D eigenvalue weighted by atomic mass is 9.47. The Balaban J connectivity index is 0.753. The van der Waals surface area contributed by atoms with Gasteiger partial charge in [-0.2, -0.15) is 0 Å². The highest BCUT2D eigenvalue weighted by molar-refractivity contribution is 6.10. The number of benzene rings is 5. The second kappa shape index (κ2) is 20.4. The molecule has 3 heterocycles. The summed E-state index contributed by atoms with van der Waals surface area (Å²) in [5.41, 5.74) is 9.13. The van der Waals surface area contributed by atoms with Crippen LogP contribution >= 0.6 is 0 Å². The van der Waals surface area contributed by atoms with Crippen molar-refractivity contribution in [3.8, 4) is 22.6 Å². The Labute approximate surface area is 471 Å². The number of piperazine rings is 1. The molecule has 8 heteroatoms. The smallest absolute Gasteiger partial charge is 0.410 e.